The smallest absolute Gasteiger partial charge is 0.290 e. The Labute approximate surface area is 176 Å². The van der Waals surface area contributed by atoms with Crippen molar-refractivity contribution in [3.05, 3.63) is 77.1 Å². The van der Waals surface area contributed by atoms with E-state index in [1.807, 2.05) is 49.4 Å². The van der Waals surface area contributed by atoms with Crippen LogP contribution in [0.1, 0.15) is 30.5 Å². The van der Waals surface area contributed by atoms with Gasteiger partial charge in [-0.15, -0.1) is 0 Å². The van der Waals surface area contributed by atoms with Crippen molar-refractivity contribution in [1.29, 1.82) is 0 Å². The first-order valence-corrected chi connectivity index (χ1v) is 10.1. The summed E-state index contributed by atoms with van der Waals surface area (Å²) in [5.41, 5.74) is 1.93. The minimum Gasteiger partial charge on any atom is -0.503 e. The van der Waals surface area contributed by atoms with Crippen LogP contribution >= 0.6 is 0 Å². The Morgan fingerprint density at radius 2 is 1.80 bits per heavy atom. The Morgan fingerprint density at radius 3 is 2.43 bits per heavy atom. The number of benzene rings is 2. The third-order valence-electron chi connectivity index (χ3n) is 5.13. The van der Waals surface area contributed by atoms with Gasteiger partial charge in [-0.05, 0) is 36.6 Å². The second kappa shape index (κ2) is 10.1. The number of amides is 1. The van der Waals surface area contributed by atoms with Gasteiger partial charge in [0.25, 0.3) is 5.91 Å². The molecular weight excluding hydrogens is 382 g/mol. The van der Waals surface area contributed by atoms with Crippen LogP contribution in [0.3, 0.4) is 0 Å². The van der Waals surface area contributed by atoms with E-state index in [9.17, 15) is 14.7 Å². The summed E-state index contributed by atoms with van der Waals surface area (Å²) in [6.45, 7) is 3.02. The van der Waals surface area contributed by atoms with Gasteiger partial charge in [0, 0.05) is 20.1 Å². The van der Waals surface area contributed by atoms with E-state index < -0.39 is 17.7 Å². The van der Waals surface area contributed by atoms with Gasteiger partial charge in [0.15, 0.2) is 11.5 Å². The number of carbonyl (C=O) groups is 2. The molecule has 0 fully saturated rings. The van der Waals surface area contributed by atoms with E-state index in [2.05, 4.69) is 0 Å². The van der Waals surface area contributed by atoms with Crippen LogP contribution in [0.25, 0.3) is 0 Å². The molecule has 1 heterocycles. The monoisotopic (exact) mass is 409 g/mol. The molecule has 3 rings (SSSR count). The predicted molar refractivity (Wildman–Crippen MR) is 113 cm³/mol. The molecule has 1 aliphatic rings. The number of ketones is 1. The largest absolute Gasteiger partial charge is 0.503 e. The summed E-state index contributed by atoms with van der Waals surface area (Å²) in [4.78, 5) is 27.3. The highest BCUT2D eigenvalue weighted by molar-refractivity contribution is 6.09. The number of nitrogens with zero attached hydrogens (tertiary/aromatic N) is 1. The van der Waals surface area contributed by atoms with Crippen molar-refractivity contribution in [3.63, 3.8) is 0 Å². The van der Waals surface area contributed by atoms with Crippen LogP contribution in [0.4, 0.5) is 0 Å². The molecule has 0 saturated heterocycles. The highest BCUT2D eigenvalue weighted by atomic mass is 16.5. The van der Waals surface area contributed by atoms with Crippen molar-refractivity contribution >= 4 is 11.7 Å². The summed E-state index contributed by atoms with van der Waals surface area (Å²) >= 11 is 0. The summed E-state index contributed by atoms with van der Waals surface area (Å²) in [5.74, 6) is -0.542. The lowest BCUT2D eigenvalue weighted by molar-refractivity contribution is -0.130. The van der Waals surface area contributed by atoms with Gasteiger partial charge in [0.1, 0.15) is 5.75 Å². The lowest BCUT2D eigenvalue weighted by Gasteiger charge is -2.26. The highest BCUT2D eigenvalue weighted by Gasteiger charge is 2.42. The zero-order chi connectivity index (χ0) is 21.5. The summed E-state index contributed by atoms with van der Waals surface area (Å²) in [5, 5.41) is 10.6. The molecule has 1 atom stereocenters. The van der Waals surface area contributed by atoms with E-state index in [-0.39, 0.29) is 24.3 Å². The fraction of sp³-hybridized carbons (Fsp3) is 0.333. The van der Waals surface area contributed by atoms with E-state index in [1.54, 1.807) is 19.2 Å². The van der Waals surface area contributed by atoms with Gasteiger partial charge in [0.05, 0.1) is 24.8 Å². The average molecular weight is 409 g/mol. The number of methoxy groups -OCH3 is 1. The standard InChI is InChI=1S/C24H27NO5/c1-3-30-19-12-10-18(11-13-19)22-21(23(27)24(28)25(22)15-16-29-2)20(26)14-9-17-7-5-4-6-8-17/h4-8,10-13,22,27H,3,9,14-16H2,1-2H3. The number of hydrogen-bond acceptors (Lipinski definition) is 5. The topological polar surface area (TPSA) is 76.1 Å². The zero-order valence-electron chi connectivity index (χ0n) is 17.3. The number of aliphatic hydroxyl groups is 1. The molecule has 30 heavy (non-hydrogen) atoms. The fourth-order valence-corrected chi connectivity index (χ4v) is 3.66. The van der Waals surface area contributed by atoms with Crippen molar-refractivity contribution in [3.8, 4) is 5.75 Å². The Hall–Kier alpha value is -3.12. The number of rotatable bonds is 10. The molecule has 1 aliphatic heterocycles. The van der Waals surface area contributed by atoms with E-state index in [1.165, 1.54) is 4.90 Å². The quantitative estimate of drug-likeness (QED) is 0.649. The number of ether oxygens (including phenoxy) is 2. The summed E-state index contributed by atoms with van der Waals surface area (Å²) in [6, 6.07) is 16.3. The van der Waals surface area contributed by atoms with Crippen LogP contribution < -0.4 is 4.74 Å². The number of carbonyl (C=O) groups excluding carboxylic acids is 2. The maximum atomic E-state index is 13.1. The van der Waals surface area contributed by atoms with Gasteiger partial charge in [0.2, 0.25) is 0 Å². The van der Waals surface area contributed by atoms with Crippen LogP contribution in [0.2, 0.25) is 0 Å². The lowest BCUT2D eigenvalue weighted by Crippen LogP contribution is -2.34. The minimum atomic E-state index is -0.647. The van der Waals surface area contributed by atoms with Gasteiger partial charge < -0.3 is 19.5 Å². The van der Waals surface area contributed by atoms with Crippen LogP contribution in [0, 0.1) is 0 Å². The van der Waals surface area contributed by atoms with Gasteiger partial charge >= 0.3 is 0 Å². The van der Waals surface area contributed by atoms with E-state index >= 15 is 0 Å². The first-order chi connectivity index (χ1) is 14.6. The molecule has 158 valence electrons. The maximum Gasteiger partial charge on any atom is 0.290 e. The van der Waals surface area contributed by atoms with Gasteiger partial charge in [-0.25, -0.2) is 0 Å². The van der Waals surface area contributed by atoms with Crippen LogP contribution in [0.15, 0.2) is 65.9 Å². The normalized spacial score (nSPS) is 16.3. The molecule has 0 bridgehead atoms. The zero-order valence-corrected chi connectivity index (χ0v) is 17.3. The van der Waals surface area contributed by atoms with Gasteiger partial charge in [-0.2, -0.15) is 0 Å². The second-order valence-corrected chi connectivity index (χ2v) is 7.07. The van der Waals surface area contributed by atoms with Gasteiger partial charge in [-0.1, -0.05) is 42.5 Å². The average Bonchev–Trinajstić information content (AvgIpc) is 3.02. The van der Waals surface area contributed by atoms with Crippen molar-refractivity contribution < 1.29 is 24.2 Å². The summed E-state index contributed by atoms with van der Waals surface area (Å²) in [6.07, 6.45) is 0.751. The van der Waals surface area contributed by atoms with Crippen molar-refractivity contribution in [2.75, 3.05) is 26.9 Å². The highest BCUT2D eigenvalue weighted by Crippen LogP contribution is 2.38. The van der Waals surface area contributed by atoms with Crippen LogP contribution in [-0.2, 0) is 20.7 Å². The first kappa shape index (κ1) is 21.6. The van der Waals surface area contributed by atoms with Crippen molar-refractivity contribution in [2.45, 2.75) is 25.8 Å². The molecule has 0 aliphatic carbocycles. The molecule has 2 aromatic carbocycles. The lowest BCUT2D eigenvalue weighted by atomic mass is 9.93. The Balaban J connectivity index is 1.88. The maximum absolute atomic E-state index is 13.1. The number of hydrogen-bond donors (Lipinski definition) is 1. The third-order valence-corrected chi connectivity index (χ3v) is 5.13. The third kappa shape index (κ3) is 4.71. The number of aryl methyl sites for hydroxylation is 1. The Morgan fingerprint density at radius 1 is 1.10 bits per heavy atom. The molecule has 0 saturated carbocycles. The molecule has 6 nitrogen and oxygen atoms in total. The molecule has 0 radical (unpaired) electrons. The molecule has 0 aromatic heterocycles. The van der Waals surface area contributed by atoms with E-state index in [4.69, 9.17) is 9.47 Å². The van der Waals surface area contributed by atoms with Crippen molar-refractivity contribution in [1.82, 2.24) is 4.90 Å². The van der Waals surface area contributed by atoms with Gasteiger partial charge in [-0.3, -0.25) is 9.59 Å². The molecule has 2 aromatic rings. The molecule has 6 heteroatoms. The minimum absolute atomic E-state index is 0.149. The number of aliphatic hydroxyl groups excluding tert-OH is 1. The fourth-order valence-electron chi connectivity index (χ4n) is 3.66. The summed E-state index contributed by atoms with van der Waals surface area (Å²) < 4.78 is 10.6. The molecule has 1 amide bonds. The predicted octanol–water partition coefficient (Wildman–Crippen LogP) is 3.63. The van der Waals surface area contributed by atoms with E-state index in [0.717, 1.165) is 11.1 Å². The number of Topliss-reactive ketones (excluding diaryl/α,β-unsaturated/α-hetero) is 1. The van der Waals surface area contributed by atoms with E-state index in [0.29, 0.717) is 25.4 Å². The second-order valence-electron chi connectivity index (χ2n) is 7.07. The Kier molecular flexibility index (Phi) is 7.25. The van der Waals surface area contributed by atoms with Crippen molar-refractivity contribution in [2.24, 2.45) is 0 Å². The molecular formula is C24H27NO5. The first-order valence-electron chi connectivity index (χ1n) is 10.1. The summed E-state index contributed by atoms with van der Waals surface area (Å²) in [7, 11) is 1.55. The van der Waals surface area contributed by atoms with Crippen LogP contribution in [0.5, 0.6) is 5.75 Å². The molecule has 1 unspecified atom stereocenters. The molecule has 1 N–H and O–H groups in total. The van der Waals surface area contributed by atoms with Crippen LogP contribution in [-0.4, -0.2) is 48.6 Å². The molecule has 0 spiro atoms. The Bertz CT molecular complexity index is 905. The SMILES string of the molecule is CCOc1ccc(C2C(C(=O)CCc3ccccc3)=C(O)C(=O)N2CCOC)cc1.